The van der Waals surface area contributed by atoms with E-state index in [9.17, 15) is 0 Å². The van der Waals surface area contributed by atoms with Crippen LogP contribution < -0.4 is 10.6 Å². The molecule has 102 valence electrons. The molecule has 0 atom stereocenters. The van der Waals surface area contributed by atoms with Gasteiger partial charge in [-0.25, -0.2) is 4.98 Å². The third kappa shape index (κ3) is 2.60. The molecule has 1 aliphatic heterocycles. The van der Waals surface area contributed by atoms with Gasteiger partial charge in [-0.05, 0) is 25.9 Å². The Balaban J connectivity index is 1.70. The summed E-state index contributed by atoms with van der Waals surface area (Å²) < 4.78 is 0. The molecule has 1 saturated heterocycles. The van der Waals surface area contributed by atoms with Crippen molar-refractivity contribution in [2.75, 3.05) is 43.9 Å². The lowest BCUT2D eigenvalue weighted by Crippen LogP contribution is -2.26. The second-order valence-corrected chi connectivity index (χ2v) is 4.72. The maximum absolute atomic E-state index is 4.43. The smallest absolute Gasteiger partial charge is 0.226 e. The maximum Gasteiger partial charge on any atom is 0.226 e. The van der Waals surface area contributed by atoms with Crippen molar-refractivity contribution in [3.05, 3.63) is 6.33 Å². The molecule has 3 N–H and O–H groups in total. The van der Waals surface area contributed by atoms with Crippen LogP contribution >= 0.6 is 0 Å². The molecule has 0 amide bonds. The minimum Gasteiger partial charge on any atom is -0.367 e. The van der Waals surface area contributed by atoms with Crippen LogP contribution in [0.3, 0.4) is 0 Å². The highest BCUT2D eigenvalue weighted by Crippen LogP contribution is 2.18. The van der Waals surface area contributed by atoms with E-state index in [0.717, 1.165) is 24.4 Å². The standard InChI is InChI=1S/C12H19N7/c1-13-12-17-10(9-11(18-12)16-8-15-9)14-4-7-19-5-2-3-6-19/h8H,2-7H2,1H3,(H3,13,14,15,16,17,18). The van der Waals surface area contributed by atoms with E-state index in [-0.39, 0.29) is 0 Å². The van der Waals surface area contributed by atoms with Crippen LogP contribution in [0.15, 0.2) is 6.33 Å². The molecule has 0 radical (unpaired) electrons. The van der Waals surface area contributed by atoms with Crippen LogP contribution in [0.4, 0.5) is 11.8 Å². The lowest BCUT2D eigenvalue weighted by atomic mass is 10.4. The van der Waals surface area contributed by atoms with Crippen molar-refractivity contribution >= 4 is 22.9 Å². The lowest BCUT2D eigenvalue weighted by Gasteiger charge is -2.15. The number of imidazole rings is 1. The Morgan fingerprint density at radius 2 is 2.16 bits per heavy atom. The Morgan fingerprint density at radius 1 is 1.32 bits per heavy atom. The van der Waals surface area contributed by atoms with Crippen molar-refractivity contribution in [2.24, 2.45) is 0 Å². The predicted octanol–water partition coefficient (Wildman–Crippen LogP) is 0.902. The summed E-state index contributed by atoms with van der Waals surface area (Å²) in [7, 11) is 1.81. The first-order valence-corrected chi connectivity index (χ1v) is 6.72. The Bertz CT molecular complexity index is 544. The zero-order valence-electron chi connectivity index (χ0n) is 11.1. The molecule has 7 nitrogen and oxygen atoms in total. The highest BCUT2D eigenvalue weighted by atomic mass is 15.2. The number of nitrogens with one attached hydrogen (secondary N) is 3. The molecule has 1 aliphatic rings. The highest BCUT2D eigenvalue weighted by Gasteiger charge is 2.12. The first-order valence-electron chi connectivity index (χ1n) is 6.72. The van der Waals surface area contributed by atoms with Gasteiger partial charge in [-0.15, -0.1) is 0 Å². The second-order valence-electron chi connectivity index (χ2n) is 4.72. The summed E-state index contributed by atoms with van der Waals surface area (Å²) in [4.78, 5) is 18.4. The number of aromatic nitrogens is 4. The molecule has 0 bridgehead atoms. The molecule has 2 aromatic rings. The fourth-order valence-electron chi connectivity index (χ4n) is 2.41. The summed E-state index contributed by atoms with van der Waals surface area (Å²) in [5.74, 6) is 1.40. The molecule has 3 heterocycles. The van der Waals surface area contributed by atoms with Crippen molar-refractivity contribution in [1.29, 1.82) is 0 Å². The quantitative estimate of drug-likeness (QED) is 0.742. The van der Waals surface area contributed by atoms with Crippen LogP contribution in [0.5, 0.6) is 0 Å². The number of anilines is 2. The molecule has 3 rings (SSSR count). The van der Waals surface area contributed by atoms with Crippen LogP contribution in [0.25, 0.3) is 11.2 Å². The zero-order chi connectivity index (χ0) is 13.1. The maximum atomic E-state index is 4.43. The molecule has 2 aromatic heterocycles. The fraction of sp³-hybridized carbons (Fsp3) is 0.583. The molecule has 0 unspecified atom stereocenters. The number of nitrogens with zero attached hydrogens (tertiary/aromatic N) is 4. The second kappa shape index (κ2) is 5.40. The molecule has 0 aliphatic carbocycles. The molecule has 1 fully saturated rings. The Morgan fingerprint density at radius 3 is 2.95 bits per heavy atom. The average molecular weight is 261 g/mol. The third-order valence-corrected chi connectivity index (χ3v) is 3.43. The van der Waals surface area contributed by atoms with E-state index < -0.39 is 0 Å². The van der Waals surface area contributed by atoms with Crippen molar-refractivity contribution < 1.29 is 0 Å². The van der Waals surface area contributed by atoms with Crippen molar-refractivity contribution in [1.82, 2.24) is 24.8 Å². The summed E-state index contributed by atoms with van der Waals surface area (Å²) in [6.07, 6.45) is 4.29. The predicted molar refractivity (Wildman–Crippen MR) is 75.4 cm³/mol. The van der Waals surface area contributed by atoms with Gasteiger partial charge in [-0.1, -0.05) is 0 Å². The van der Waals surface area contributed by atoms with E-state index in [0.29, 0.717) is 11.6 Å². The number of H-pyrrole nitrogens is 1. The fourth-order valence-corrected chi connectivity index (χ4v) is 2.41. The molecule has 19 heavy (non-hydrogen) atoms. The van der Waals surface area contributed by atoms with Gasteiger partial charge in [0.25, 0.3) is 0 Å². The average Bonchev–Trinajstić information content (AvgIpc) is 3.08. The summed E-state index contributed by atoms with van der Waals surface area (Å²) >= 11 is 0. The Hall–Kier alpha value is -1.89. The summed E-state index contributed by atoms with van der Waals surface area (Å²) in [6, 6.07) is 0. The van der Waals surface area contributed by atoms with E-state index in [1.165, 1.54) is 25.9 Å². The summed E-state index contributed by atoms with van der Waals surface area (Å²) in [5.41, 5.74) is 1.54. The first kappa shape index (κ1) is 12.2. The minimum absolute atomic E-state index is 0.586. The number of hydrogen-bond donors (Lipinski definition) is 3. The number of hydrogen-bond acceptors (Lipinski definition) is 6. The van der Waals surface area contributed by atoms with E-state index in [1.54, 1.807) is 6.33 Å². The van der Waals surface area contributed by atoms with Gasteiger partial charge < -0.3 is 20.5 Å². The number of likely N-dealkylation sites (tertiary alicyclic amines) is 1. The third-order valence-electron chi connectivity index (χ3n) is 3.43. The van der Waals surface area contributed by atoms with Crippen molar-refractivity contribution in [3.63, 3.8) is 0 Å². The number of rotatable bonds is 5. The van der Waals surface area contributed by atoms with Crippen LogP contribution in [-0.2, 0) is 0 Å². The monoisotopic (exact) mass is 261 g/mol. The molecular weight excluding hydrogens is 242 g/mol. The van der Waals surface area contributed by atoms with Gasteiger partial charge in [0.2, 0.25) is 5.95 Å². The van der Waals surface area contributed by atoms with Crippen LogP contribution in [0.2, 0.25) is 0 Å². The number of aromatic amines is 1. The minimum atomic E-state index is 0.586. The van der Waals surface area contributed by atoms with E-state index in [4.69, 9.17) is 0 Å². The van der Waals surface area contributed by atoms with Gasteiger partial charge in [-0.3, -0.25) is 0 Å². The van der Waals surface area contributed by atoms with Crippen molar-refractivity contribution in [3.8, 4) is 0 Å². The normalized spacial score (nSPS) is 16.1. The molecule has 7 heteroatoms. The van der Waals surface area contributed by atoms with Crippen LogP contribution in [0.1, 0.15) is 12.8 Å². The highest BCUT2D eigenvalue weighted by molar-refractivity contribution is 5.83. The van der Waals surface area contributed by atoms with Crippen LogP contribution in [-0.4, -0.2) is 58.1 Å². The molecule has 0 saturated carbocycles. The Kier molecular flexibility index (Phi) is 3.45. The largest absolute Gasteiger partial charge is 0.367 e. The van der Waals surface area contributed by atoms with Gasteiger partial charge in [0.05, 0.1) is 6.33 Å². The molecular formula is C12H19N7. The van der Waals surface area contributed by atoms with Gasteiger partial charge in [-0.2, -0.15) is 9.97 Å². The number of fused-ring (bicyclic) bond motifs is 1. The topological polar surface area (TPSA) is 81.8 Å². The van der Waals surface area contributed by atoms with Crippen molar-refractivity contribution in [2.45, 2.75) is 12.8 Å². The summed E-state index contributed by atoms with van der Waals surface area (Å²) in [5, 5.41) is 6.33. The van der Waals surface area contributed by atoms with E-state index >= 15 is 0 Å². The van der Waals surface area contributed by atoms with Gasteiger partial charge in [0.1, 0.15) is 5.52 Å². The lowest BCUT2D eigenvalue weighted by molar-refractivity contribution is 0.352. The van der Waals surface area contributed by atoms with E-state index in [1.807, 2.05) is 7.05 Å². The van der Waals surface area contributed by atoms with Gasteiger partial charge in [0, 0.05) is 20.1 Å². The Labute approximate surface area is 111 Å². The molecule has 0 aromatic carbocycles. The SMILES string of the molecule is CNc1nc(NCCN2CCCC2)c2[nH]cnc2n1. The van der Waals surface area contributed by atoms with Gasteiger partial charge in [0.15, 0.2) is 11.5 Å². The van der Waals surface area contributed by atoms with Gasteiger partial charge >= 0.3 is 0 Å². The summed E-state index contributed by atoms with van der Waals surface area (Å²) in [6.45, 7) is 4.36. The van der Waals surface area contributed by atoms with E-state index in [2.05, 4.69) is 35.5 Å². The first-order chi connectivity index (χ1) is 9.36. The molecule has 0 spiro atoms. The van der Waals surface area contributed by atoms with Crippen LogP contribution in [0, 0.1) is 0 Å². The zero-order valence-corrected chi connectivity index (χ0v) is 11.1.